The van der Waals surface area contributed by atoms with Crippen LogP contribution in [0.3, 0.4) is 0 Å². The van der Waals surface area contributed by atoms with E-state index in [0.29, 0.717) is 50.1 Å². The summed E-state index contributed by atoms with van der Waals surface area (Å²) in [6, 6.07) is 84.4. The Labute approximate surface area is 558 Å². The van der Waals surface area contributed by atoms with Gasteiger partial charge in [-0.15, -0.1) is 0 Å². The van der Waals surface area contributed by atoms with E-state index in [0.717, 1.165) is 34.0 Å². The first kappa shape index (κ1) is 67.9. The van der Waals surface area contributed by atoms with Crippen LogP contribution in [-0.2, 0) is 97.7 Å². The van der Waals surface area contributed by atoms with Gasteiger partial charge in [0.1, 0.15) is 41.7 Å². The first-order valence-electron chi connectivity index (χ1n) is 31.5. The van der Waals surface area contributed by atoms with Crippen molar-refractivity contribution in [1.82, 2.24) is 0 Å². The molecule has 0 aromatic heterocycles. The number of hydrogen-bond donors (Lipinski definition) is 0. The van der Waals surface area contributed by atoms with Gasteiger partial charge in [0.2, 0.25) is 12.1 Å². The van der Waals surface area contributed by atoms with Crippen LogP contribution in [0.15, 0.2) is 273 Å². The highest BCUT2D eigenvalue weighted by Gasteiger charge is 2.65. The Kier molecular flexibility index (Phi) is 21.3. The molecule has 494 valence electrons. The lowest BCUT2D eigenvalue weighted by atomic mass is 9.80. The van der Waals surface area contributed by atoms with Gasteiger partial charge < -0.3 is 47.4 Å². The third kappa shape index (κ3) is 14.7. The number of benzene rings is 9. The van der Waals surface area contributed by atoms with E-state index < -0.39 is 125 Å². The molecule has 2 heterocycles. The first-order chi connectivity index (χ1) is 46.5. The van der Waals surface area contributed by atoms with Crippen molar-refractivity contribution in [3.8, 4) is 0 Å². The minimum Gasteiger partial charge on any atom is -0.456 e. The van der Waals surface area contributed by atoms with Crippen molar-refractivity contribution in [2.24, 2.45) is 0 Å². The molecule has 2 fully saturated rings. The SMILES string of the molecule is CC(=O)O[C@@H]1[C@@H](OC(C)=O)[C@@H](O[C@]2(COC(c3ccccc3)(c3ccccc3)c3ccccc3)O[C@H](COC(c3ccccc3)(c3ccccc3)c3ccccc3)[C@@H](OS(C)(=O)=O)[C@@H]2OC(C)=O)O[C@H](COC(c2ccccc2)(c2ccccc2)c2ccccc2)[C@H]1OC(C)=O. The second kappa shape index (κ2) is 30.1. The van der Waals surface area contributed by atoms with E-state index in [-0.39, 0.29) is 0 Å². The maximum Gasteiger partial charge on any atom is 0.303 e. The van der Waals surface area contributed by atoms with Crippen molar-refractivity contribution >= 4 is 34.0 Å². The fourth-order valence-electron chi connectivity index (χ4n) is 13.1. The minimum atomic E-state index is -4.59. The van der Waals surface area contributed by atoms with E-state index in [1.54, 1.807) is 0 Å². The molecule has 18 heteroatoms. The predicted molar refractivity (Wildman–Crippen MR) is 355 cm³/mol. The molecular formula is C78H74O17S. The van der Waals surface area contributed by atoms with Crippen molar-refractivity contribution in [3.05, 3.63) is 323 Å². The van der Waals surface area contributed by atoms with Gasteiger partial charge in [0.15, 0.2) is 24.4 Å². The van der Waals surface area contributed by atoms with E-state index in [2.05, 4.69) is 0 Å². The topological polar surface area (TPSA) is 204 Å². The second-order valence-electron chi connectivity index (χ2n) is 23.4. The van der Waals surface area contributed by atoms with Crippen LogP contribution in [0.1, 0.15) is 77.8 Å². The molecule has 0 saturated carbocycles. The third-order valence-corrected chi connectivity index (χ3v) is 17.5. The second-order valence-corrected chi connectivity index (χ2v) is 25.0. The Bertz CT molecular complexity index is 3830. The molecule has 0 unspecified atom stereocenters. The van der Waals surface area contributed by atoms with Gasteiger partial charge in [-0.05, 0) is 50.1 Å². The van der Waals surface area contributed by atoms with Crippen LogP contribution in [0.25, 0.3) is 0 Å². The highest BCUT2D eigenvalue weighted by molar-refractivity contribution is 7.86. The van der Waals surface area contributed by atoms with Gasteiger partial charge in [0.25, 0.3) is 10.1 Å². The van der Waals surface area contributed by atoms with E-state index in [1.807, 2.05) is 273 Å². The van der Waals surface area contributed by atoms with Crippen LogP contribution in [0.4, 0.5) is 0 Å². The molecule has 9 aromatic carbocycles. The summed E-state index contributed by atoms with van der Waals surface area (Å²) in [7, 11) is -4.59. The molecule has 0 N–H and O–H groups in total. The third-order valence-electron chi connectivity index (χ3n) is 16.9. The van der Waals surface area contributed by atoms with Gasteiger partial charge in [0.05, 0.1) is 19.5 Å². The zero-order valence-corrected chi connectivity index (χ0v) is 54.4. The van der Waals surface area contributed by atoms with Crippen LogP contribution in [-0.4, -0.2) is 113 Å². The van der Waals surface area contributed by atoms with Crippen molar-refractivity contribution in [1.29, 1.82) is 0 Å². The summed E-state index contributed by atoms with van der Waals surface area (Å²) in [6.45, 7) is 2.65. The molecule has 0 spiro atoms. The molecule has 9 aromatic rings. The Hall–Kier alpha value is -9.47. The van der Waals surface area contributed by atoms with Crippen molar-refractivity contribution in [3.63, 3.8) is 0 Å². The monoisotopic (exact) mass is 1310 g/mol. The predicted octanol–water partition coefficient (Wildman–Crippen LogP) is 11.9. The minimum absolute atomic E-state index is 0.491. The maximum atomic E-state index is 14.2. The maximum absolute atomic E-state index is 14.2. The van der Waals surface area contributed by atoms with Gasteiger partial charge in [-0.1, -0.05) is 273 Å². The zero-order chi connectivity index (χ0) is 67.3. The molecule has 0 bridgehead atoms. The quantitative estimate of drug-likeness (QED) is 0.0214. The standard InChI is InChI=1S/C78H74O17S/c1-54(79)88-69-67(51-85-76(58-33-15-6-16-34-58,59-35-17-7-18-36-59)60-37-19-8-20-38-60)92-74(72(90-56(3)81)71(69)89-55(2)80)94-75(53-87-78(64-45-27-12-28-46-64,65-47-29-13-30-48-65)66-49-31-14-32-50-66)73(91-57(4)82)70(95-96(5,83)84)68(93-75)52-86-77(61-39-21-9-22-40-61,62-41-23-10-24-42-62)63-43-25-11-26-44-63/h6-50,67-74H,51-53H2,1-5H3/t67-,68-,69-,70-,71+,72-,73+,74-,75+/m1/s1. The van der Waals surface area contributed by atoms with Gasteiger partial charge >= 0.3 is 23.9 Å². The van der Waals surface area contributed by atoms with Gasteiger partial charge in [-0.3, -0.25) is 23.4 Å². The van der Waals surface area contributed by atoms with Crippen LogP contribution >= 0.6 is 0 Å². The molecule has 2 aliphatic rings. The Balaban J connectivity index is 1.13. The van der Waals surface area contributed by atoms with E-state index >= 15 is 0 Å². The molecule has 96 heavy (non-hydrogen) atoms. The van der Waals surface area contributed by atoms with Crippen molar-refractivity contribution < 1.29 is 79.1 Å². The van der Waals surface area contributed by atoms with Crippen LogP contribution in [0.2, 0.25) is 0 Å². The summed E-state index contributed by atoms with van der Waals surface area (Å²) in [4.78, 5) is 55.4. The summed E-state index contributed by atoms with van der Waals surface area (Å²) >= 11 is 0. The molecule has 2 saturated heterocycles. The number of rotatable bonds is 26. The fraction of sp³-hybridized carbons (Fsp3) is 0.256. The highest BCUT2D eigenvalue weighted by Crippen LogP contribution is 2.49. The average molecular weight is 1320 g/mol. The summed E-state index contributed by atoms with van der Waals surface area (Å²) in [5.74, 6) is -6.31. The van der Waals surface area contributed by atoms with Crippen LogP contribution in [0.5, 0.6) is 0 Å². The first-order valence-corrected chi connectivity index (χ1v) is 33.3. The number of ether oxygens (including phenoxy) is 10. The molecule has 0 aliphatic carbocycles. The summed E-state index contributed by atoms with van der Waals surface area (Å²) < 4.78 is 104. The van der Waals surface area contributed by atoms with E-state index in [4.69, 9.17) is 51.6 Å². The normalized spacial score (nSPS) is 21.3. The fourth-order valence-corrected chi connectivity index (χ4v) is 13.7. The smallest absolute Gasteiger partial charge is 0.303 e. The Morgan fingerprint density at radius 1 is 0.365 bits per heavy atom. The number of carbonyl (C=O) groups is 4. The number of esters is 4. The zero-order valence-electron chi connectivity index (χ0n) is 53.6. The highest BCUT2D eigenvalue weighted by atomic mass is 32.2. The van der Waals surface area contributed by atoms with Crippen LogP contribution in [0, 0.1) is 0 Å². The average Bonchev–Trinajstić information content (AvgIpc) is 1.39. The van der Waals surface area contributed by atoms with Crippen LogP contribution < -0.4 is 0 Å². The molecule has 17 nitrogen and oxygen atoms in total. The lowest BCUT2D eigenvalue weighted by Gasteiger charge is -2.48. The number of carbonyl (C=O) groups excluding carboxylic acids is 4. The molecular weight excluding hydrogens is 1240 g/mol. The molecule has 0 amide bonds. The van der Waals surface area contributed by atoms with Gasteiger partial charge in [0, 0.05) is 27.7 Å². The summed E-state index contributed by atoms with van der Waals surface area (Å²) in [5, 5.41) is 0. The lowest BCUT2D eigenvalue weighted by Crippen LogP contribution is -2.66. The van der Waals surface area contributed by atoms with Gasteiger partial charge in [-0.2, -0.15) is 8.42 Å². The van der Waals surface area contributed by atoms with Gasteiger partial charge in [-0.25, -0.2) is 0 Å². The van der Waals surface area contributed by atoms with Crippen molar-refractivity contribution in [2.45, 2.75) is 99.3 Å². The molecule has 11 rings (SSSR count). The Morgan fingerprint density at radius 3 is 0.927 bits per heavy atom. The summed E-state index contributed by atoms with van der Waals surface area (Å²) in [6.07, 6.45) is -13.5. The summed E-state index contributed by atoms with van der Waals surface area (Å²) in [5.41, 5.74) is 1.34. The lowest BCUT2D eigenvalue weighted by molar-refractivity contribution is -0.390. The number of hydrogen-bond acceptors (Lipinski definition) is 17. The Morgan fingerprint density at radius 2 is 0.635 bits per heavy atom. The molecule has 0 radical (unpaired) electrons. The van der Waals surface area contributed by atoms with E-state index in [9.17, 15) is 27.6 Å². The molecule has 2 aliphatic heterocycles. The van der Waals surface area contributed by atoms with Crippen molar-refractivity contribution in [2.75, 3.05) is 26.1 Å². The van der Waals surface area contributed by atoms with E-state index in [1.165, 1.54) is 0 Å². The largest absolute Gasteiger partial charge is 0.456 e. The molecule has 9 atom stereocenters.